The summed E-state index contributed by atoms with van der Waals surface area (Å²) in [5.74, 6) is 0.122. The van der Waals surface area contributed by atoms with Crippen LogP contribution in [0.15, 0.2) is 42.5 Å². The molecule has 1 atom stereocenters. The number of rotatable bonds is 9. The Morgan fingerprint density at radius 3 is 2.30 bits per heavy atom. The number of hydrogen-bond donors (Lipinski definition) is 0. The van der Waals surface area contributed by atoms with E-state index in [2.05, 4.69) is 0 Å². The number of nitrogens with zero attached hydrogens (tertiary/aromatic N) is 2. The molecular formula is C24H25ClN2O6. The summed E-state index contributed by atoms with van der Waals surface area (Å²) in [5, 5.41) is 0.404. The molecule has 4 rings (SSSR count). The molecule has 3 amide bonds. The minimum Gasteiger partial charge on any atom is -0.497 e. The van der Waals surface area contributed by atoms with Crippen LogP contribution in [0.1, 0.15) is 18.4 Å². The Labute approximate surface area is 197 Å². The number of imide groups is 1. The number of methoxy groups -OCH3 is 2. The van der Waals surface area contributed by atoms with Crippen LogP contribution in [0, 0.1) is 0 Å². The summed E-state index contributed by atoms with van der Waals surface area (Å²) in [6.07, 6.45) is 0.325. The number of carbonyl (C=O) groups is 3. The van der Waals surface area contributed by atoms with E-state index in [9.17, 15) is 14.4 Å². The topological polar surface area (TPSA) is 85.4 Å². The van der Waals surface area contributed by atoms with Crippen LogP contribution in [-0.4, -0.2) is 63.1 Å². The molecule has 2 aliphatic rings. The van der Waals surface area contributed by atoms with Crippen molar-refractivity contribution in [3.8, 4) is 11.5 Å². The van der Waals surface area contributed by atoms with E-state index in [1.54, 1.807) is 42.3 Å². The zero-order valence-electron chi connectivity index (χ0n) is 18.5. The lowest BCUT2D eigenvalue weighted by Gasteiger charge is -2.22. The smallest absolute Gasteiger partial charge is 0.250 e. The van der Waals surface area contributed by atoms with E-state index in [0.717, 1.165) is 10.6 Å². The molecule has 0 radical (unpaired) electrons. The maximum Gasteiger partial charge on any atom is 0.250 e. The van der Waals surface area contributed by atoms with Crippen molar-refractivity contribution in [3.05, 3.63) is 53.1 Å². The van der Waals surface area contributed by atoms with Gasteiger partial charge < -0.3 is 19.1 Å². The van der Waals surface area contributed by atoms with Crippen LogP contribution in [0.5, 0.6) is 11.5 Å². The number of halogens is 1. The monoisotopic (exact) mass is 472 g/mol. The van der Waals surface area contributed by atoms with Crippen molar-refractivity contribution in [2.45, 2.75) is 18.3 Å². The molecule has 33 heavy (non-hydrogen) atoms. The summed E-state index contributed by atoms with van der Waals surface area (Å²) >= 11 is 6.21. The maximum absolute atomic E-state index is 13.6. The normalized spacial score (nSPS) is 19.5. The van der Waals surface area contributed by atoms with Crippen molar-refractivity contribution in [1.29, 1.82) is 0 Å². The SMILES string of the molecule is COCCN1C(=O)CC2(C1=O)C(=O)N(CCCOc1ccc(OC)cc1)c1ccc(Cl)cc12. The minimum absolute atomic E-state index is 0.106. The van der Waals surface area contributed by atoms with Gasteiger partial charge in [0.1, 0.15) is 11.5 Å². The molecule has 0 bridgehead atoms. The Kier molecular flexibility index (Phi) is 6.58. The second-order valence-electron chi connectivity index (χ2n) is 7.92. The Morgan fingerprint density at radius 2 is 1.61 bits per heavy atom. The molecule has 2 aromatic rings. The summed E-state index contributed by atoms with van der Waals surface area (Å²) in [5.41, 5.74) is -0.486. The number of benzene rings is 2. The van der Waals surface area contributed by atoms with Crippen molar-refractivity contribution < 1.29 is 28.6 Å². The van der Waals surface area contributed by atoms with Gasteiger partial charge in [-0.1, -0.05) is 11.6 Å². The van der Waals surface area contributed by atoms with Gasteiger partial charge in [-0.15, -0.1) is 0 Å². The van der Waals surface area contributed by atoms with E-state index in [4.69, 9.17) is 25.8 Å². The molecule has 0 N–H and O–H groups in total. The summed E-state index contributed by atoms with van der Waals surface area (Å²) in [6, 6.07) is 12.3. The number of anilines is 1. The largest absolute Gasteiger partial charge is 0.497 e. The van der Waals surface area contributed by atoms with Gasteiger partial charge in [-0.25, -0.2) is 0 Å². The molecule has 2 aliphatic heterocycles. The summed E-state index contributed by atoms with van der Waals surface area (Å²) < 4.78 is 15.9. The molecule has 0 saturated carbocycles. The highest BCUT2D eigenvalue weighted by Gasteiger charge is 2.63. The highest BCUT2D eigenvalue weighted by atomic mass is 35.5. The van der Waals surface area contributed by atoms with Gasteiger partial charge in [-0.3, -0.25) is 19.3 Å². The summed E-state index contributed by atoms with van der Waals surface area (Å²) in [7, 11) is 3.09. The third kappa shape index (κ3) is 4.05. The average Bonchev–Trinajstić information content (AvgIpc) is 3.20. The Hall–Kier alpha value is -3.10. The molecule has 1 spiro atoms. The molecule has 1 saturated heterocycles. The summed E-state index contributed by atoms with van der Waals surface area (Å²) in [6.45, 7) is 1.02. The van der Waals surface area contributed by atoms with Crippen LogP contribution >= 0.6 is 11.6 Å². The first kappa shape index (κ1) is 23.1. The van der Waals surface area contributed by atoms with Crippen LogP contribution < -0.4 is 14.4 Å². The van der Waals surface area contributed by atoms with Crippen LogP contribution in [0.2, 0.25) is 5.02 Å². The molecule has 2 aromatic carbocycles. The predicted molar refractivity (Wildman–Crippen MR) is 122 cm³/mol. The Morgan fingerprint density at radius 1 is 0.909 bits per heavy atom. The standard InChI is InChI=1S/C24H25ClN2O6/c1-31-13-11-27-21(28)15-24(23(27)30)19-14-16(25)4-9-20(19)26(22(24)29)10-3-12-33-18-7-5-17(32-2)6-8-18/h4-9,14H,3,10-13,15H2,1-2H3. The molecular weight excluding hydrogens is 448 g/mol. The van der Waals surface area contributed by atoms with Crippen molar-refractivity contribution in [2.24, 2.45) is 0 Å². The third-order valence-electron chi connectivity index (χ3n) is 6.02. The Bertz CT molecular complexity index is 1070. The van der Waals surface area contributed by atoms with E-state index >= 15 is 0 Å². The number of fused-ring (bicyclic) bond motifs is 2. The van der Waals surface area contributed by atoms with Gasteiger partial charge in [0.2, 0.25) is 17.7 Å². The lowest BCUT2D eigenvalue weighted by atomic mass is 9.80. The highest BCUT2D eigenvalue weighted by molar-refractivity contribution is 6.32. The van der Waals surface area contributed by atoms with Gasteiger partial charge in [0.15, 0.2) is 5.41 Å². The lowest BCUT2D eigenvalue weighted by molar-refractivity contribution is -0.142. The molecule has 174 valence electrons. The second-order valence-corrected chi connectivity index (χ2v) is 8.36. The molecule has 1 fully saturated rings. The molecule has 1 unspecified atom stereocenters. The first-order valence-electron chi connectivity index (χ1n) is 10.6. The van der Waals surface area contributed by atoms with E-state index in [0.29, 0.717) is 41.6 Å². The molecule has 0 aliphatic carbocycles. The predicted octanol–water partition coefficient (Wildman–Crippen LogP) is 2.81. The van der Waals surface area contributed by atoms with E-state index in [1.165, 1.54) is 7.11 Å². The van der Waals surface area contributed by atoms with Gasteiger partial charge in [-0.05, 0) is 48.9 Å². The van der Waals surface area contributed by atoms with Crippen molar-refractivity contribution in [3.63, 3.8) is 0 Å². The van der Waals surface area contributed by atoms with Gasteiger partial charge in [0.25, 0.3) is 0 Å². The van der Waals surface area contributed by atoms with Crippen LogP contribution in [0.3, 0.4) is 0 Å². The number of hydrogen-bond acceptors (Lipinski definition) is 6. The third-order valence-corrected chi connectivity index (χ3v) is 6.26. The maximum atomic E-state index is 13.6. The van der Waals surface area contributed by atoms with Crippen LogP contribution in [0.25, 0.3) is 0 Å². The van der Waals surface area contributed by atoms with Gasteiger partial charge in [0.05, 0.1) is 33.3 Å². The average molecular weight is 473 g/mol. The fourth-order valence-electron chi connectivity index (χ4n) is 4.37. The molecule has 8 nitrogen and oxygen atoms in total. The summed E-state index contributed by atoms with van der Waals surface area (Å²) in [4.78, 5) is 42.3. The second kappa shape index (κ2) is 9.41. The number of amides is 3. The van der Waals surface area contributed by atoms with Gasteiger partial charge in [-0.2, -0.15) is 0 Å². The number of likely N-dealkylation sites (tertiary alicyclic amines) is 1. The van der Waals surface area contributed by atoms with Crippen molar-refractivity contribution >= 4 is 35.0 Å². The first-order valence-corrected chi connectivity index (χ1v) is 11.0. The van der Waals surface area contributed by atoms with Gasteiger partial charge >= 0.3 is 0 Å². The van der Waals surface area contributed by atoms with E-state index in [-0.39, 0.29) is 25.5 Å². The van der Waals surface area contributed by atoms with Crippen LogP contribution in [0.4, 0.5) is 5.69 Å². The van der Waals surface area contributed by atoms with Crippen molar-refractivity contribution in [1.82, 2.24) is 4.90 Å². The quantitative estimate of drug-likeness (QED) is 0.317. The zero-order valence-corrected chi connectivity index (χ0v) is 19.3. The van der Waals surface area contributed by atoms with Crippen molar-refractivity contribution in [2.75, 3.05) is 45.4 Å². The Balaban J connectivity index is 1.51. The van der Waals surface area contributed by atoms with E-state index < -0.39 is 17.2 Å². The van der Waals surface area contributed by atoms with Crippen LogP contribution in [-0.2, 0) is 24.5 Å². The molecule has 0 aromatic heterocycles. The molecule has 2 heterocycles. The number of ether oxygens (including phenoxy) is 3. The first-order chi connectivity index (χ1) is 15.9. The highest BCUT2D eigenvalue weighted by Crippen LogP contribution is 2.49. The fraction of sp³-hybridized carbons (Fsp3) is 0.375. The number of carbonyl (C=O) groups excluding carboxylic acids is 3. The molecule has 9 heteroatoms. The zero-order chi connectivity index (χ0) is 23.6. The van der Waals surface area contributed by atoms with E-state index in [1.807, 2.05) is 12.1 Å². The van der Waals surface area contributed by atoms with Gasteiger partial charge in [0, 0.05) is 29.9 Å². The lowest BCUT2D eigenvalue weighted by Crippen LogP contribution is -2.47. The fourth-order valence-corrected chi connectivity index (χ4v) is 4.55. The minimum atomic E-state index is -1.57.